The summed E-state index contributed by atoms with van der Waals surface area (Å²) < 4.78 is 0. The Bertz CT molecular complexity index is 178. The summed E-state index contributed by atoms with van der Waals surface area (Å²) in [5, 5.41) is 3.54. The minimum absolute atomic E-state index is 0. The first-order valence-electron chi connectivity index (χ1n) is 4.63. The molecule has 1 aliphatic heterocycles. The number of hydrogen-bond donors (Lipinski definition) is 1. The van der Waals surface area contributed by atoms with Crippen molar-refractivity contribution >= 4 is 12.4 Å². The van der Waals surface area contributed by atoms with E-state index in [1.165, 1.54) is 19.4 Å². The van der Waals surface area contributed by atoms with Crippen LogP contribution in [0.2, 0.25) is 0 Å². The zero-order valence-corrected chi connectivity index (χ0v) is 8.66. The van der Waals surface area contributed by atoms with Gasteiger partial charge in [-0.2, -0.15) is 0 Å². The second-order valence-electron chi connectivity index (χ2n) is 4.34. The number of nitrogens with one attached hydrogen (secondary N) is 1. The lowest BCUT2D eigenvalue weighted by Gasteiger charge is -2.50. The normalized spacial score (nSPS) is 30.4. The van der Waals surface area contributed by atoms with Crippen molar-refractivity contribution in [2.75, 3.05) is 6.54 Å². The summed E-state index contributed by atoms with van der Waals surface area (Å²) in [5.74, 6) is 0.795. The Morgan fingerprint density at radius 1 is 1.33 bits per heavy atom. The lowest BCUT2D eigenvalue weighted by atomic mass is 9.67. The van der Waals surface area contributed by atoms with Gasteiger partial charge in [-0.05, 0) is 18.8 Å². The average molecular weight is 188 g/mol. The third-order valence-corrected chi connectivity index (χ3v) is 3.22. The third-order valence-electron chi connectivity index (χ3n) is 3.22. The van der Waals surface area contributed by atoms with Crippen molar-refractivity contribution < 1.29 is 0 Å². The molecule has 1 N–H and O–H groups in total. The molecule has 0 radical (unpaired) electrons. The van der Waals surface area contributed by atoms with Crippen LogP contribution >= 0.6 is 12.4 Å². The Morgan fingerprint density at radius 2 is 1.92 bits per heavy atom. The van der Waals surface area contributed by atoms with Gasteiger partial charge < -0.3 is 5.32 Å². The van der Waals surface area contributed by atoms with E-state index >= 15 is 0 Å². The van der Waals surface area contributed by atoms with E-state index < -0.39 is 0 Å². The fourth-order valence-electron chi connectivity index (χ4n) is 2.57. The highest BCUT2D eigenvalue weighted by Crippen LogP contribution is 2.44. The van der Waals surface area contributed by atoms with Crippen LogP contribution in [0, 0.1) is 11.3 Å². The van der Waals surface area contributed by atoms with Crippen LogP contribution in [0.4, 0.5) is 0 Å². The first kappa shape index (κ1) is 10.1. The van der Waals surface area contributed by atoms with Crippen molar-refractivity contribution in [2.45, 2.75) is 32.7 Å². The molecule has 1 spiro atoms. The third kappa shape index (κ3) is 1.29. The summed E-state index contributed by atoms with van der Waals surface area (Å²) in [7, 11) is 0. The van der Waals surface area contributed by atoms with Crippen molar-refractivity contribution in [1.29, 1.82) is 0 Å². The molecule has 2 heteroatoms. The summed E-state index contributed by atoms with van der Waals surface area (Å²) in [4.78, 5) is 0. The largest absolute Gasteiger partial charge is 0.312 e. The van der Waals surface area contributed by atoms with E-state index in [4.69, 9.17) is 0 Å². The van der Waals surface area contributed by atoms with Crippen LogP contribution in [-0.2, 0) is 0 Å². The highest BCUT2D eigenvalue weighted by atomic mass is 35.5. The van der Waals surface area contributed by atoms with Gasteiger partial charge in [0.25, 0.3) is 0 Å². The lowest BCUT2D eigenvalue weighted by molar-refractivity contribution is 0.0620. The highest BCUT2D eigenvalue weighted by molar-refractivity contribution is 5.85. The fourth-order valence-corrected chi connectivity index (χ4v) is 2.57. The van der Waals surface area contributed by atoms with Crippen LogP contribution in [0.3, 0.4) is 0 Å². The molecule has 0 bridgehead atoms. The van der Waals surface area contributed by atoms with Gasteiger partial charge in [-0.15, -0.1) is 12.4 Å². The lowest BCUT2D eigenvalue weighted by Crippen LogP contribution is -2.63. The maximum Gasteiger partial charge on any atom is 0.0165 e. The molecule has 0 aromatic heterocycles. The number of halogens is 1. The van der Waals surface area contributed by atoms with Gasteiger partial charge in [-0.1, -0.05) is 26.0 Å². The van der Waals surface area contributed by atoms with E-state index in [1.54, 1.807) is 0 Å². The summed E-state index contributed by atoms with van der Waals surface area (Å²) in [6.07, 6.45) is 7.30. The molecule has 70 valence electrons. The molecule has 12 heavy (non-hydrogen) atoms. The van der Waals surface area contributed by atoms with E-state index in [-0.39, 0.29) is 12.4 Å². The van der Waals surface area contributed by atoms with E-state index in [2.05, 4.69) is 31.3 Å². The van der Waals surface area contributed by atoms with Gasteiger partial charge in [-0.25, -0.2) is 0 Å². The predicted molar refractivity (Wildman–Crippen MR) is 54.7 cm³/mol. The molecule has 1 heterocycles. The first-order valence-corrected chi connectivity index (χ1v) is 4.63. The standard InChI is InChI=1S/C10H17N.ClH/c1-8(2)9-10(7-11-9)5-3-4-6-10;/h3-4,8-9,11H,5-7H2,1-2H3;1H. The molecule has 0 aromatic carbocycles. The molecule has 0 aromatic rings. The Kier molecular flexibility index (Phi) is 2.84. The molecule has 1 fully saturated rings. The van der Waals surface area contributed by atoms with Gasteiger partial charge in [-0.3, -0.25) is 0 Å². The molecule has 0 amide bonds. The van der Waals surface area contributed by atoms with E-state index in [0.717, 1.165) is 12.0 Å². The van der Waals surface area contributed by atoms with Crippen molar-refractivity contribution in [3.05, 3.63) is 12.2 Å². The summed E-state index contributed by atoms with van der Waals surface area (Å²) in [6.45, 7) is 5.87. The van der Waals surface area contributed by atoms with Gasteiger partial charge in [0.15, 0.2) is 0 Å². The molecule has 0 saturated carbocycles. The Hall–Kier alpha value is -0.0100. The zero-order chi connectivity index (χ0) is 7.90. The maximum absolute atomic E-state index is 3.54. The molecule has 2 rings (SSSR count). The minimum atomic E-state index is 0. The van der Waals surface area contributed by atoms with Crippen molar-refractivity contribution in [3.63, 3.8) is 0 Å². The van der Waals surface area contributed by atoms with Gasteiger partial charge in [0, 0.05) is 18.0 Å². The molecule has 1 nitrogen and oxygen atoms in total. The van der Waals surface area contributed by atoms with Crippen molar-refractivity contribution in [1.82, 2.24) is 5.32 Å². The topological polar surface area (TPSA) is 12.0 Å². The van der Waals surface area contributed by atoms with Gasteiger partial charge >= 0.3 is 0 Å². The Labute approximate surface area is 81.0 Å². The van der Waals surface area contributed by atoms with Crippen LogP contribution in [0.5, 0.6) is 0 Å². The van der Waals surface area contributed by atoms with Gasteiger partial charge in [0.1, 0.15) is 0 Å². The molecule has 1 aliphatic carbocycles. The molecular formula is C10H18ClN. The molecule has 1 saturated heterocycles. The smallest absolute Gasteiger partial charge is 0.0165 e. The SMILES string of the molecule is CC(C)C1NCC12CC=CC2.Cl. The summed E-state index contributed by atoms with van der Waals surface area (Å²) in [6, 6.07) is 0.775. The molecule has 1 unspecified atom stereocenters. The average Bonchev–Trinajstić information content (AvgIpc) is 2.31. The van der Waals surface area contributed by atoms with Crippen molar-refractivity contribution in [2.24, 2.45) is 11.3 Å². The van der Waals surface area contributed by atoms with Crippen LogP contribution in [0.15, 0.2) is 12.2 Å². The zero-order valence-electron chi connectivity index (χ0n) is 7.84. The Morgan fingerprint density at radius 3 is 2.25 bits per heavy atom. The highest BCUT2D eigenvalue weighted by Gasteiger charge is 2.47. The second kappa shape index (κ2) is 3.39. The van der Waals surface area contributed by atoms with Crippen LogP contribution in [-0.4, -0.2) is 12.6 Å². The molecule has 2 aliphatic rings. The van der Waals surface area contributed by atoms with Gasteiger partial charge in [0.2, 0.25) is 0 Å². The van der Waals surface area contributed by atoms with E-state index in [0.29, 0.717) is 5.41 Å². The number of rotatable bonds is 1. The van der Waals surface area contributed by atoms with Crippen molar-refractivity contribution in [3.8, 4) is 0 Å². The molecular weight excluding hydrogens is 170 g/mol. The van der Waals surface area contributed by atoms with Crippen LogP contribution in [0.1, 0.15) is 26.7 Å². The Balaban J connectivity index is 0.000000720. The quantitative estimate of drug-likeness (QED) is 0.622. The van der Waals surface area contributed by atoms with Crippen LogP contribution < -0.4 is 5.32 Å². The first-order chi connectivity index (χ1) is 5.25. The van der Waals surface area contributed by atoms with E-state index in [9.17, 15) is 0 Å². The number of hydrogen-bond acceptors (Lipinski definition) is 1. The summed E-state index contributed by atoms with van der Waals surface area (Å²) >= 11 is 0. The summed E-state index contributed by atoms with van der Waals surface area (Å²) in [5.41, 5.74) is 0.633. The van der Waals surface area contributed by atoms with E-state index in [1.807, 2.05) is 0 Å². The van der Waals surface area contributed by atoms with Gasteiger partial charge in [0.05, 0.1) is 0 Å². The monoisotopic (exact) mass is 187 g/mol. The molecule has 1 atom stereocenters. The predicted octanol–water partition coefficient (Wildman–Crippen LogP) is 2.37. The fraction of sp³-hybridized carbons (Fsp3) is 0.800. The second-order valence-corrected chi connectivity index (χ2v) is 4.34. The minimum Gasteiger partial charge on any atom is -0.312 e. The maximum atomic E-state index is 3.54. The van der Waals surface area contributed by atoms with Crippen LogP contribution in [0.25, 0.3) is 0 Å². The number of allylic oxidation sites excluding steroid dienone is 2.